The van der Waals surface area contributed by atoms with E-state index in [1.165, 1.54) is 38.5 Å². The number of aliphatic imine (C=N–C) groups is 1. The summed E-state index contributed by atoms with van der Waals surface area (Å²) in [5, 5.41) is 9.91. The van der Waals surface area contributed by atoms with Gasteiger partial charge in [0, 0.05) is 0 Å². The second-order valence-electron chi connectivity index (χ2n) is 4.54. The number of unbranched alkanes of at least 4 members (excludes halogenated alkanes) is 6. The predicted octanol–water partition coefficient (Wildman–Crippen LogP) is 1.21. The Bertz CT molecular complexity index is 247. The lowest BCUT2D eigenvalue weighted by atomic mass is 10.1. The fourth-order valence-electron chi connectivity index (χ4n) is 1.82. The summed E-state index contributed by atoms with van der Waals surface area (Å²) in [6.45, 7) is 2.22. The first-order chi connectivity index (χ1) is 8.56. The molecule has 0 bridgehead atoms. The highest BCUT2D eigenvalue weighted by Gasteiger charge is 2.06. The van der Waals surface area contributed by atoms with Crippen LogP contribution >= 0.6 is 0 Å². The van der Waals surface area contributed by atoms with E-state index in [1.54, 1.807) is 0 Å². The number of nitrogens with one attached hydrogen (secondary N) is 2. The zero-order valence-corrected chi connectivity index (χ0v) is 11.4. The molecule has 106 valence electrons. The van der Waals surface area contributed by atoms with Crippen molar-refractivity contribution in [3.8, 4) is 0 Å². The molecule has 0 saturated heterocycles. The van der Waals surface area contributed by atoms with Gasteiger partial charge < -0.3 is 22.5 Å². The molecule has 0 aromatic rings. The summed E-state index contributed by atoms with van der Waals surface area (Å²) in [5.41, 5.74) is 15.9. The Morgan fingerprint density at radius 1 is 1.06 bits per heavy atom. The third-order valence-electron chi connectivity index (χ3n) is 2.71. The minimum Gasteiger partial charge on any atom is -0.370 e. The molecule has 0 aromatic heterocycles. The summed E-state index contributed by atoms with van der Waals surface area (Å²) in [4.78, 5) is 4.00. The molecule has 1 unspecified atom stereocenters. The zero-order valence-electron chi connectivity index (χ0n) is 11.4. The van der Waals surface area contributed by atoms with Gasteiger partial charge in [-0.3, -0.25) is 5.41 Å². The van der Waals surface area contributed by atoms with Crippen molar-refractivity contribution in [2.75, 3.05) is 0 Å². The zero-order chi connectivity index (χ0) is 13.8. The Morgan fingerprint density at radius 2 is 1.61 bits per heavy atom. The Morgan fingerprint density at radius 3 is 2.11 bits per heavy atom. The summed E-state index contributed by atoms with van der Waals surface area (Å²) in [6, 6.07) is 0. The van der Waals surface area contributed by atoms with E-state index in [4.69, 9.17) is 22.6 Å². The Kier molecular flexibility index (Phi) is 9.81. The molecule has 1 atom stereocenters. The molecule has 6 nitrogen and oxygen atoms in total. The number of nitrogens with two attached hydrogens (primary N) is 3. The predicted molar refractivity (Wildman–Crippen MR) is 77.3 cm³/mol. The van der Waals surface area contributed by atoms with Crippen LogP contribution in [0.3, 0.4) is 0 Å². The number of hydrogen-bond donors (Lipinski definition) is 5. The Labute approximate surface area is 110 Å². The first-order valence-corrected chi connectivity index (χ1v) is 6.75. The lowest BCUT2D eigenvalue weighted by Crippen LogP contribution is -2.40. The average Bonchev–Trinajstić information content (AvgIpc) is 2.26. The van der Waals surface area contributed by atoms with Gasteiger partial charge in [-0.05, 0) is 12.8 Å². The summed E-state index contributed by atoms with van der Waals surface area (Å²) in [6.07, 6.45) is 9.18. The highest BCUT2D eigenvalue weighted by molar-refractivity contribution is 5.77. The standard InChI is InChI=1S/C12H28N6/c1-2-3-4-5-6-7-8-9-10(17-11(13)14)18-12(15)16/h10H,2-9H2,1H3,(H4,13,14,17)(H4,15,16,18). The molecular formula is C12H28N6. The molecular weight excluding hydrogens is 228 g/mol. The van der Waals surface area contributed by atoms with Crippen LogP contribution in [0.2, 0.25) is 0 Å². The number of guanidine groups is 2. The van der Waals surface area contributed by atoms with E-state index in [9.17, 15) is 0 Å². The fourth-order valence-corrected chi connectivity index (χ4v) is 1.82. The molecule has 0 radical (unpaired) electrons. The Hall–Kier alpha value is -1.46. The molecule has 0 amide bonds. The van der Waals surface area contributed by atoms with Gasteiger partial charge in [0.2, 0.25) is 0 Å². The largest absolute Gasteiger partial charge is 0.370 e. The molecule has 0 aliphatic heterocycles. The SMILES string of the molecule is CCCCCCCCCC(N=C(N)N)NC(=N)N. The summed E-state index contributed by atoms with van der Waals surface area (Å²) >= 11 is 0. The van der Waals surface area contributed by atoms with Crippen LogP contribution in [0.4, 0.5) is 0 Å². The van der Waals surface area contributed by atoms with Crippen molar-refractivity contribution in [2.24, 2.45) is 22.2 Å². The smallest absolute Gasteiger partial charge is 0.188 e. The highest BCUT2D eigenvalue weighted by atomic mass is 15.2. The van der Waals surface area contributed by atoms with Gasteiger partial charge in [-0.15, -0.1) is 0 Å². The van der Waals surface area contributed by atoms with Gasteiger partial charge in [-0.2, -0.15) is 0 Å². The molecule has 0 saturated carbocycles. The average molecular weight is 256 g/mol. The molecule has 18 heavy (non-hydrogen) atoms. The number of nitrogens with zero attached hydrogens (tertiary/aromatic N) is 1. The van der Waals surface area contributed by atoms with E-state index >= 15 is 0 Å². The summed E-state index contributed by atoms with van der Waals surface area (Å²) < 4.78 is 0. The van der Waals surface area contributed by atoms with Crippen LogP contribution in [-0.4, -0.2) is 18.1 Å². The van der Waals surface area contributed by atoms with Gasteiger partial charge in [0.15, 0.2) is 11.9 Å². The minimum absolute atomic E-state index is 0.0247. The van der Waals surface area contributed by atoms with E-state index in [1.807, 2.05) is 0 Å². The second kappa shape index (κ2) is 10.7. The van der Waals surface area contributed by atoms with Gasteiger partial charge in [0.1, 0.15) is 6.17 Å². The van der Waals surface area contributed by atoms with Crippen LogP contribution in [-0.2, 0) is 0 Å². The third kappa shape index (κ3) is 11.0. The van der Waals surface area contributed by atoms with E-state index < -0.39 is 0 Å². The second-order valence-corrected chi connectivity index (χ2v) is 4.54. The lowest BCUT2D eigenvalue weighted by Gasteiger charge is -2.14. The molecule has 6 heteroatoms. The van der Waals surface area contributed by atoms with Crippen molar-refractivity contribution in [3.63, 3.8) is 0 Å². The highest BCUT2D eigenvalue weighted by Crippen LogP contribution is 2.10. The molecule has 8 N–H and O–H groups in total. The van der Waals surface area contributed by atoms with Gasteiger partial charge in [-0.1, -0.05) is 45.4 Å². The third-order valence-corrected chi connectivity index (χ3v) is 2.71. The molecule has 0 fully saturated rings. The van der Waals surface area contributed by atoms with Crippen molar-refractivity contribution >= 4 is 11.9 Å². The molecule has 0 heterocycles. The molecule has 0 aliphatic rings. The van der Waals surface area contributed by atoms with E-state index in [0.29, 0.717) is 0 Å². The van der Waals surface area contributed by atoms with Crippen LogP contribution in [0.15, 0.2) is 4.99 Å². The first kappa shape index (κ1) is 16.5. The van der Waals surface area contributed by atoms with Crippen LogP contribution in [0, 0.1) is 5.41 Å². The van der Waals surface area contributed by atoms with Gasteiger partial charge in [0.05, 0.1) is 0 Å². The van der Waals surface area contributed by atoms with Crippen molar-refractivity contribution in [2.45, 2.75) is 64.5 Å². The molecule has 0 aliphatic carbocycles. The quantitative estimate of drug-likeness (QED) is 0.229. The van der Waals surface area contributed by atoms with Gasteiger partial charge in [0.25, 0.3) is 0 Å². The normalized spacial score (nSPS) is 11.8. The maximum absolute atomic E-state index is 7.18. The van der Waals surface area contributed by atoms with Gasteiger partial charge >= 0.3 is 0 Å². The monoisotopic (exact) mass is 256 g/mol. The van der Waals surface area contributed by atoms with Crippen LogP contribution in [0.1, 0.15) is 58.3 Å². The maximum atomic E-state index is 7.18. The Balaban J connectivity index is 3.70. The summed E-state index contributed by atoms with van der Waals surface area (Å²) in [7, 11) is 0. The van der Waals surface area contributed by atoms with Crippen LogP contribution < -0.4 is 22.5 Å². The number of hydrogen-bond acceptors (Lipinski definition) is 2. The van der Waals surface area contributed by atoms with E-state index in [0.717, 1.165) is 12.8 Å². The van der Waals surface area contributed by atoms with Crippen LogP contribution in [0.25, 0.3) is 0 Å². The van der Waals surface area contributed by atoms with Crippen molar-refractivity contribution in [1.29, 1.82) is 5.41 Å². The first-order valence-electron chi connectivity index (χ1n) is 6.75. The fraction of sp³-hybridized carbons (Fsp3) is 0.833. The van der Waals surface area contributed by atoms with E-state index in [2.05, 4.69) is 17.2 Å². The van der Waals surface area contributed by atoms with E-state index in [-0.39, 0.29) is 18.1 Å². The van der Waals surface area contributed by atoms with Crippen molar-refractivity contribution in [3.05, 3.63) is 0 Å². The summed E-state index contributed by atoms with van der Waals surface area (Å²) in [5.74, 6) is -0.0790. The van der Waals surface area contributed by atoms with Crippen molar-refractivity contribution in [1.82, 2.24) is 5.32 Å². The molecule has 0 aromatic carbocycles. The van der Waals surface area contributed by atoms with Crippen molar-refractivity contribution < 1.29 is 0 Å². The topological polar surface area (TPSA) is 126 Å². The lowest BCUT2D eigenvalue weighted by molar-refractivity contribution is 0.513. The molecule has 0 spiro atoms. The minimum atomic E-state index is -0.275. The molecule has 0 rings (SSSR count). The number of rotatable bonds is 10. The van der Waals surface area contributed by atoms with Gasteiger partial charge in [-0.25, -0.2) is 4.99 Å². The van der Waals surface area contributed by atoms with Crippen LogP contribution in [0.5, 0.6) is 0 Å². The maximum Gasteiger partial charge on any atom is 0.188 e.